The zero-order chi connectivity index (χ0) is 27.4. The van der Waals surface area contributed by atoms with Crippen LogP contribution in [-0.2, 0) is 9.59 Å². The third-order valence-corrected chi connectivity index (χ3v) is 7.79. The summed E-state index contributed by atoms with van der Waals surface area (Å²) in [6, 6.07) is 0.789. The number of carbonyl (C=O) groups is 3. The van der Waals surface area contributed by atoms with Gasteiger partial charge in [-0.25, -0.2) is 22.0 Å². The van der Waals surface area contributed by atoms with Crippen LogP contribution in [0, 0.1) is 29.0 Å². The number of aromatic nitrogens is 1. The molecule has 1 saturated carbocycles. The second-order valence-corrected chi connectivity index (χ2v) is 10.1. The van der Waals surface area contributed by atoms with Crippen LogP contribution in [-0.4, -0.2) is 58.2 Å². The summed E-state index contributed by atoms with van der Waals surface area (Å²) in [7, 11) is 0. The topological polar surface area (TPSA) is 118 Å². The molecule has 1 aliphatic carbocycles. The molecule has 2 aromatic rings. The zero-order valence-corrected chi connectivity index (χ0v) is 19.9. The smallest absolute Gasteiger partial charge is 0.271 e. The van der Waals surface area contributed by atoms with Gasteiger partial charge in [0, 0.05) is 41.4 Å². The van der Waals surface area contributed by atoms with Crippen molar-refractivity contribution in [2.45, 2.75) is 62.6 Å². The molecule has 1 aromatic heterocycles. The van der Waals surface area contributed by atoms with Crippen molar-refractivity contribution in [2.75, 3.05) is 6.54 Å². The van der Waals surface area contributed by atoms with E-state index in [-0.39, 0.29) is 41.8 Å². The molecule has 0 spiro atoms. The molecule has 3 amide bonds. The maximum atomic E-state index is 14.9. The summed E-state index contributed by atoms with van der Waals surface area (Å²) in [5, 5.41) is 14.5. The van der Waals surface area contributed by atoms with Crippen molar-refractivity contribution in [3.63, 3.8) is 0 Å². The van der Waals surface area contributed by atoms with Crippen molar-refractivity contribution in [2.24, 2.45) is 11.8 Å². The van der Waals surface area contributed by atoms with Crippen LogP contribution >= 0.6 is 0 Å². The Morgan fingerprint density at radius 1 is 1.21 bits per heavy atom. The van der Waals surface area contributed by atoms with E-state index in [2.05, 4.69) is 15.6 Å². The minimum absolute atomic E-state index is 0.0107. The van der Waals surface area contributed by atoms with Crippen molar-refractivity contribution >= 4 is 28.6 Å². The van der Waals surface area contributed by atoms with Gasteiger partial charge in [-0.15, -0.1) is 0 Å². The first-order valence-corrected chi connectivity index (χ1v) is 12.3. The van der Waals surface area contributed by atoms with E-state index in [0.717, 1.165) is 17.0 Å². The number of alkyl halides is 4. The SMILES string of the molecule is N#C[C@@H](C[C@@H]1CCNC1=O)NC(=O)[C@@H]1[C@@H]2CC[C@@H](CC2(F)F)N1C(=O)c1cc2c(C(F)F)cc(F)cc2[nH]1. The Bertz CT molecular complexity index is 1340. The van der Waals surface area contributed by atoms with Crippen LogP contribution in [0.3, 0.4) is 0 Å². The highest BCUT2D eigenvalue weighted by Gasteiger charge is 2.60. The Balaban J connectivity index is 1.46. The number of hydrogen-bond donors (Lipinski definition) is 3. The van der Waals surface area contributed by atoms with Crippen molar-refractivity contribution in [1.82, 2.24) is 20.5 Å². The molecule has 3 N–H and O–H groups in total. The summed E-state index contributed by atoms with van der Waals surface area (Å²) in [5.41, 5.74) is -0.957. The quantitative estimate of drug-likeness (QED) is 0.490. The molecule has 6 rings (SSSR count). The number of nitriles is 1. The Hall–Kier alpha value is -3.69. The van der Waals surface area contributed by atoms with E-state index in [9.17, 15) is 41.6 Å². The summed E-state index contributed by atoms with van der Waals surface area (Å²) in [4.78, 5) is 42.5. The highest BCUT2D eigenvalue weighted by molar-refractivity contribution is 6.01. The van der Waals surface area contributed by atoms with E-state index < -0.39 is 71.9 Å². The molecule has 5 atom stereocenters. The number of hydrogen-bond acceptors (Lipinski definition) is 4. The summed E-state index contributed by atoms with van der Waals surface area (Å²) in [6.07, 6.45) is -3.07. The number of amides is 3. The van der Waals surface area contributed by atoms with Crippen LogP contribution in [0.1, 0.15) is 54.6 Å². The molecule has 0 unspecified atom stereocenters. The lowest BCUT2D eigenvalue weighted by molar-refractivity contribution is -0.179. The molecule has 2 bridgehead atoms. The molecule has 8 nitrogen and oxygen atoms in total. The zero-order valence-electron chi connectivity index (χ0n) is 19.9. The van der Waals surface area contributed by atoms with Crippen LogP contribution in [0.2, 0.25) is 0 Å². The fraction of sp³-hybridized carbons (Fsp3) is 0.520. The van der Waals surface area contributed by atoms with Crippen LogP contribution in [0.15, 0.2) is 18.2 Å². The third-order valence-electron chi connectivity index (χ3n) is 7.79. The fourth-order valence-corrected chi connectivity index (χ4v) is 6.02. The van der Waals surface area contributed by atoms with E-state index in [0.29, 0.717) is 19.0 Å². The Morgan fingerprint density at radius 2 is 1.97 bits per heavy atom. The van der Waals surface area contributed by atoms with Crippen molar-refractivity contribution in [1.29, 1.82) is 5.26 Å². The van der Waals surface area contributed by atoms with Crippen molar-refractivity contribution in [3.8, 4) is 6.07 Å². The first-order chi connectivity index (χ1) is 18.0. The number of nitrogens with one attached hydrogen (secondary N) is 3. The summed E-state index contributed by atoms with van der Waals surface area (Å²) in [5.74, 6) is -8.31. The Morgan fingerprint density at radius 3 is 2.61 bits per heavy atom. The minimum atomic E-state index is -3.25. The second kappa shape index (κ2) is 9.56. The van der Waals surface area contributed by atoms with Gasteiger partial charge >= 0.3 is 0 Å². The number of nitrogens with zero attached hydrogens (tertiary/aromatic N) is 2. The van der Waals surface area contributed by atoms with Crippen LogP contribution in [0.4, 0.5) is 22.0 Å². The average molecular weight is 537 g/mol. The van der Waals surface area contributed by atoms with Gasteiger partial charge in [0.1, 0.15) is 23.6 Å². The van der Waals surface area contributed by atoms with Gasteiger partial charge < -0.3 is 20.5 Å². The van der Waals surface area contributed by atoms with Gasteiger partial charge in [0.2, 0.25) is 11.8 Å². The van der Waals surface area contributed by atoms with Gasteiger partial charge in [-0.2, -0.15) is 5.26 Å². The summed E-state index contributed by atoms with van der Waals surface area (Å²) in [6.45, 7) is 0.429. The van der Waals surface area contributed by atoms with E-state index in [1.165, 1.54) is 0 Å². The van der Waals surface area contributed by atoms with E-state index in [1.54, 1.807) is 0 Å². The first kappa shape index (κ1) is 25.9. The molecule has 3 saturated heterocycles. The monoisotopic (exact) mass is 537 g/mol. The van der Waals surface area contributed by atoms with Gasteiger partial charge in [-0.05, 0) is 43.9 Å². The molecule has 38 heavy (non-hydrogen) atoms. The van der Waals surface area contributed by atoms with Crippen LogP contribution in [0.25, 0.3) is 10.9 Å². The first-order valence-electron chi connectivity index (χ1n) is 12.3. The van der Waals surface area contributed by atoms with E-state index in [1.807, 2.05) is 6.07 Å². The van der Waals surface area contributed by atoms with Crippen LogP contribution < -0.4 is 10.6 Å². The molecule has 202 valence electrons. The third kappa shape index (κ3) is 4.46. The highest BCUT2D eigenvalue weighted by atomic mass is 19.3. The standard InChI is InChI=1S/C25H24F5N5O3/c26-12-6-16(21(27)28)15-8-19(34-18(15)7-12)24(38)35-14-1-2-17(25(29,30)9-14)20(35)23(37)33-13(10-31)5-11-3-4-32-22(11)36/h6-8,11,13-14,17,20-21,34H,1-5,9H2,(H,32,36)(H,33,37)/t11-,13+,14-,17-,20-/m0/s1. The van der Waals surface area contributed by atoms with Gasteiger partial charge in [0.25, 0.3) is 18.3 Å². The predicted molar refractivity (Wildman–Crippen MR) is 123 cm³/mol. The Labute approximate surface area is 213 Å². The number of piperidine rings is 2. The van der Waals surface area contributed by atoms with Crippen molar-refractivity contribution in [3.05, 3.63) is 35.3 Å². The maximum Gasteiger partial charge on any atom is 0.271 e. The van der Waals surface area contributed by atoms with Gasteiger partial charge in [-0.3, -0.25) is 14.4 Å². The summed E-state index contributed by atoms with van der Waals surface area (Å²) < 4.78 is 70.7. The second-order valence-electron chi connectivity index (χ2n) is 10.1. The number of halogens is 5. The number of carbonyl (C=O) groups excluding carboxylic acids is 3. The maximum absolute atomic E-state index is 14.9. The number of H-pyrrole nitrogens is 1. The lowest BCUT2D eigenvalue weighted by atomic mass is 9.71. The number of benzene rings is 1. The number of rotatable bonds is 6. The van der Waals surface area contributed by atoms with Gasteiger partial charge in [-0.1, -0.05) is 0 Å². The van der Waals surface area contributed by atoms with Gasteiger partial charge in [0.05, 0.1) is 12.0 Å². The van der Waals surface area contributed by atoms with Crippen LogP contribution in [0.5, 0.6) is 0 Å². The lowest BCUT2D eigenvalue weighted by Gasteiger charge is -2.53. The number of aromatic amines is 1. The molecule has 4 heterocycles. The summed E-state index contributed by atoms with van der Waals surface area (Å²) >= 11 is 0. The lowest BCUT2D eigenvalue weighted by Crippen LogP contribution is -2.68. The molecule has 4 fully saturated rings. The minimum Gasteiger partial charge on any atom is -0.356 e. The van der Waals surface area contributed by atoms with E-state index >= 15 is 0 Å². The Kier molecular flexibility index (Phi) is 6.53. The molecular weight excluding hydrogens is 513 g/mol. The highest BCUT2D eigenvalue weighted by Crippen LogP contribution is 2.49. The molecule has 13 heteroatoms. The fourth-order valence-electron chi connectivity index (χ4n) is 6.02. The predicted octanol–water partition coefficient (Wildman–Crippen LogP) is 3.41. The molecule has 1 aromatic carbocycles. The molecule has 0 radical (unpaired) electrons. The van der Waals surface area contributed by atoms with Gasteiger partial charge in [0.15, 0.2) is 0 Å². The molecule has 4 aliphatic rings. The van der Waals surface area contributed by atoms with Crippen molar-refractivity contribution < 1.29 is 36.3 Å². The van der Waals surface area contributed by atoms with E-state index in [4.69, 9.17) is 0 Å². The molecule has 3 aliphatic heterocycles. The number of fused-ring (bicyclic) bond motifs is 4. The largest absolute Gasteiger partial charge is 0.356 e. The normalized spacial score (nSPS) is 26.9. The molecular formula is C25H24F5N5O3. The average Bonchev–Trinajstić information content (AvgIpc) is 3.47.